The predicted molar refractivity (Wildman–Crippen MR) is 103 cm³/mol. The summed E-state index contributed by atoms with van der Waals surface area (Å²) >= 11 is 0. The van der Waals surface area contributed by atoms with E-state index in [0.29, 0.717) is 16.8 Å². The van der Waals surface area contributed by atoms with E-state index in [1.165, 1.54) is 0 Å². The number of pyridine rings is 1. The van der Waals surface area contributed by atoms with Crippen LogP contribution in [-0.2, 0) is 0 Å². The molecule has 2 heterocycles. The number of amides is 4. The standard InChI is InChI=1S/C21H19N5O2/c1-13-18(11-22)19(26(20(27)24-13)21(28)25-17-7-8-17)15-5-2-4-14(10-15)16-6-3-9-23-12-16/h2-6,9-10,12,17,19H,7-8H2,1H3,(H,24,27)(H,25,28). The van der Waals surface area contributed by atoms with E-state index in [0.717, 1.165) is 28.9 Å². The van der Waals surface area contributed by atoms with Crippen molar-refractivity contribution in [1.82, 2.24) is 20.5 Å². The molecule has 0 bridgehead atoms. The summed E-state index contributed by atoms with van der Waals surface area (Å²) < 4.78 is 0. The Morgan fingerprint density at radius 2 is 2.07 bits per heavy atom. The van der Waals surface area contributed by atoms with Crippen LogP contribution in [0.2, 0.25) is 0 Å². The molecule has 1 fully saturated rings. The van der Waals surface area contributed by atoms with Gasteiger partial charge in [-0.05, 0) is 48.6 Å². The minimum atomic E-state index is -0.783. The first-order valence-electron chi connectivity index (χ1n) is 9.10. The average molecular weight is 373 g/mol. The first-order chi connectivity index (χ1) is 13.6. The van der Waals surface area contributed by atoms with Gasteiger partial charge in [0.2, 0.25) is 0 Å². The maximum atomic E-state index is 12.8. The molecule has 4 amide bonds. The molecular formula is C21H19N5O2. The monoisotopic (exact) mass is 373 g/mol. The van der Waals surface area contributed by atoms with Gasteiger partial charge in [0.15, 0.2) is 0 Å². The Labute approximate surface area is 162 Å². The molecule has 1 aliphatic heterocycles. The zero-order chi connectivity index (χ0) is 19.7. The molecule has 2 aromatic rings. The largest absolute Gasteiger partial charge is 0.335 e. The Bertz CT molecular complexity index is 1000. The van der Waals surface area contributed by atoms with Gasteiger partial charge in [-0.3, -0.25) is 4.98 Å². The number of nitrogens with zero attached hydrogens (tertiary/aromatic N) is 3. The van der Waals surface area contributed by atoms with Crippen LogP contribution in [0.1, 0.15) is 31.4 Å². The number of nitriles is 1. The van der Waals surface area contributed by atoms with Gasteiger partial charge in [-0.15, -0.1) is 0 Å². The van der Waals surface area contributed by atoms with Gasteiger partial charge in [0.05, 0.1) is 11.6 Å². The molecule has 0 spiro atoms. The topological polar surface area (TPSA) is 98.1 Å². The fourth-order valence-electron chi connectivity index (χ4n) is 3.30. The van der Waals surface area contributed by atoms with Gasteiger partial charge in [-0.25, -0.2) is 14.5 Å². The molecule has 7 nitrogen and oxygen atoms in total. The second kappa shape index (κ2) is 7.16. The zero-order valence-electron chi connectivity index (χ0n) is 15.3. The maximum Gasteiger partial charge on any atom is 0.330 e. The SMILES string of the molecule is CC1=C(C#N)C(c2cccc(-c3cccnc3)c2)N(C(=O)NC2CC2)C(=O)N1. The molecule has 0 saturated heterocycles. The number of carbonyl (C=O) groups excluding carboxylic acids is 2. The number of hydrogen-bond donors (Lipinski definition) is 2. The number of hydrogen-bond acceptors (Lipinski definition) is 4. The third kappa shape index (κ3) is 3.32. The highest BCUT2D eigenvalue weighted by Crippen LogP contribution is 2.35. The number of aromatic nitrogens is 1. The molecule has 140 valence electrons. The highest BCUT2D eigenvalue weighted by Gasteiger charge is 2.40. The van der Waals surface area contributed by atoms with Crippen LogP contribution in [0.5, 0.6) is 0 Å². The number of nitrogens with one attached hydrogen (secondary N) is 2. The molecule has 2 aliphatic rings. The van der Waals surface area contributed by atoms with E-state index in [1.54, 1.807) is 19.3 Å². The smallest absolute Gasteiger partial charge is 0.330 e. The molecule has 4 rings (SSSR count). The fourth-order valence-corrected chi connectivity index (χ4v) is 3.30. The Kier molecular flexibility index (Phi) is 4.53. The molecule has 1 aromatic carbocycles. The normalized spacial score (nSPS) is 19.1. The molecule has 1 unspecified atom stereocenters. The van der Waals surface area contributed by atoms with Crippen molar-refractivity contribution < 1.29 is 9.59 Å². The molecule has 28 heavy (non-hydrogen) atoms. The van der Waals surface area contributed by atoms with Crippen molar-refractivity contribution in [2.45, 2.75) is 31.8 Å². The summed E-state index contributed by atoms with van der Waals surface area (Å²) in [4.78, 5) is 30.7. The molecule has 7 heteroatoms. The van der Waals surface area contributed by atoms with Crippen molar-refractivity contribution in [2.24, 2.45) is 0 Å². The second-order valence-corrected chi connectivity index (χ2v) is 6.94. The number of allylic oxidation sites excluding steroid dienone is 1. The summed E-state index contributed by atoms with van der Waals surface area (Å²) in [5.41, 5.74) is 3.30. The van der Waals surface area contributed by atoms with Gasteiger partial charge in [0, 0.05) is 24.1 Å². The van der Waals surface area contributed by atoms with Crippen molar-refractivity contribution in [3.8, 4) is 17.2 Å². The second-order valence-electron chi connectivity index (χ2n) is 6.94. The number of urea groups is 2. The van der Waals surface area contributed by atoms with Crippen molar-refractivity contribution in [1.29, 1.82) is 5.26 Å². The van der Waals surface area contributed by atoms with E-state index < -0.39 is 18.1 Å². The van der Waals surface area contributed by atoms with E-state index in [4.69, 9.17) is 0 Å². The summed E-state index contributed by atoms with van der Waals surface area (Å²) in [5.74, 6) is 0. The highest BCUT2D eigenvalue weighted by molar-refractivity contribution is 5.97. The molecule has 1 aliphatic carbocycles. The Hall–Kier alpha value is -3.66. The van der Waals surface area contributed by atoms with E-state index in [1.807, 2.05) is 36.4 Å². The lowest BCUT2D eigenvalue weighted by Crippen LogP contribution is -2.53. The molecule has 0 radical (unpaired) electrons. The molecule has 1 atom stereocenters. The lowest BCUT2D eigenvalue weighted by molar-refractivity contribution is 0.173. The molecule has 1 aromatic heterocycles. The number of imide groups is 1. The Morgan fingerprint density at radius 1 is 1.29 bits per heavy atom. The van der Waals surface area contributed by atoms with Gasteiger partial charge < -0.3 is 10.6 Å². The average Bonchev–Trinajstić information content (AvgIpc) is 3.52. The minimum absolute atomic E-state index is 0.0974. The van der Waals surface area contributed by atoms with Crippen LogP contribution in [0, 0.1) is 11.3 Å². The van der Waals surface area contributed by atoms with Gasteiger partial charge in [-0.2, -0.15) is 5.26 Å². The van der Waals surface area contributed by atoms with Crippen LogP contribution in [-0.4, -0.2) is 28.0 Å². The number of carbonyl (C=O) groups is 2. The van der Waals surface area contributed by atoms with Crippen LogP contribution in [0.4, 0.5) is 9.59 Å². The number of rotatable bonds is 3. The third-order valence-electron chi connectivity index (χ3n) is 4.89. The zero-order valence-corrected chi connectivity index (χ0v) is 15.3. The van der Waals surface area contributed by atoms with E-state index in [-0.39, 0.29) is 6.04 Å². The summed E-state index contributed by atoms with van der Waals surface area (Å²) in [6.45, 7) is 1.67. The first-order valence-corrected chi connectivity index (χ1v) is 9.10. The van der Waals surface area contributed by atoms with Gasteiger partial charge in [0.1, 0.15) is 6.04 Å². The number of benzene rings is 1. The Balaban J connectivity index is 1.78. The summed E-state index contributed by atoms with van der Waals surface area (Å²) in [7, 11) is 0. The molecular weight excluding hydrogens is 354 g/mol. The lowest BCUT2D eigenvalue weighted by Gasteiger charge is -2.35. The predicted octanol–water partition coefficient (Wildman–Crippen LogP) is 3.48. The van der Waals surface area contributed by atoms with Crippen LogP contribution in [0.25, 0.3) is 11.1 Å². The van der Waals surface area contributed by atoms with E-state index in [2.05, 4.69) is 21.7 Å². The third-order valence-corrected chi connectivity index (χ3v) is 4.89. The molecule has 2 N–H and O–H groups in total. The van der Waals surface area contributed by atoms with Crippen LogP contribution in [0.3, 0.4) is 0 Å². The quantitative estimate of drug-likeness (QED) is 0.860. The highest BCUT2D eigenvalue weighted by atomic mass is 16.2. The van der Waals surface area contributed by atoms with E-state index >= 15 is 0 Å². The van der Waals surface area contributed by atoms with Crippen LogP contribution in [0.15, 0.2) is 60.1 Å². The molecule has 1 saturated carbocycles. The lowest BCUT2D eigenvalue weighted by atomic mass is 9.92. The minimum Gasteiger partial charge on any atom is -0.335 e. The maximum absolute atomic E-state index is 12.8. The Morgan fingerprint density at radius 3 is 2.75 bits per heavy atom. The van der Waals surface area contributed by atoms with Gasteiger partial charge >= 0.3 is 12.1 Å². The van der Waals surface area contributed by atoms with Crippen molar-refractivity contribution >= 4 is 12.1 Å². The van der Waals surface area contributed by atoms with Crippen LogP contribution >= 0.6 is 0 Å². The van der Waals surface area contributed by atoms with Crippen molar-refractivity contribution in [2.75, 3.05) is 0 Å². The van der Waals surface area contributed by atoms with Crippen LogP contribution < -0.4 is 10.6 Å². The van der Waals surface area contributed by atoms with Crippen molar-refractivity contribution in [3.05, 3.63) is 65.6 Å². The summed E-state index contributed by atoms with van der Waals surface area (Å²) in [6.07, 6.45) is 5.25. The summed E-state index contributed by atoms with van der Waals surface area (Å²) in [6, 6.07) is 11.7. The fraction of sp³-hybridized carbons (Fsp3) is 0.238. The van der Waals surface area contributed by atoms with Gasteiger partial charge in [0.25, 0.3) is 0 Å². The van der Waals surface area contributed by atoms with Crippen molar-refractivity contribution in [3.63, 3.8) is 0 Å². The first kappa shape index (κ1) is 17.7. The van der Waals surface area contributed by atoms with Gasteiger partial charge in [-0.1, -0.05) is 24.3 Å². The summed E-state index contributed by atoms with van der Waals surface area (Å²) in [5, 5.41) is 15.2. The van der Waals surface area contributed by atoms with E-state index in [9.17, 15) is 14.9 Å².